The van der Waals surface area contributed by atoms with Gasteiger partial charge in [0.1, 0.15) is 22.9 Å². The molecule has 1 aromatic heterocycles. The molecule has 0 spiro atoms. The van der Waals surface area contributed by atoms with Gasteiger partial charge in [-0.15, -0.1) is 0 Å². The van der Waals surface area contributed by atoms with Gasteiger partial charge in [-0.1, -0.05) is 6.92 Å². The molecular formula is C22H29N5O. The summed E-state index contributed by atoms with van der Waals surface area (Å²) in [6.45, 7) is 4.98. The molecule has 2 atom stereocenters. The number of nitrogens with zero attached hydrogens (tertiary/aromatic N) is 5. The van der Waals surface area contributed by atoms with Gasteiger partial charge in [0.15, 0.2) is 0 Å². The van der Waals surface area contributed by atoms with Crippen LogP contribution in [0.4, 0.5) is 5.69 Å². The summed E-state index contributed by atoms with van der Waals surface area (Å²) >= 11 is 0. The van der Waals surface area contributed by atoms with E-state index in [0.717, 1.165) is 43.7 Å². The number of fused-ring (bicyclic) bond motifs is 1. The summed E-state index contributed by atoms with van der Waals surface area (Å²) in [5, 5.41) is 9.35. The third kappa shape index (κ3) is 4.85. The maximum Gasteiger partial charge on any atom is 0.133 e. The summed E-state index contributed by atoms with van der Waals surface area (Å²) in [5.74, 6) is 1.24. The second-order valence-electron chi connectivity index (χ2n) is 8.26. The fourth-order valence-electron chi connectivity index (χ4n) is 4.23. The zero-order chi connectivity index (χ0) is 20.1. The minimum Gasteiger partial charge on any atom is -0.369 e. The van der Waals surface area contributed by atoms with Crippen molar-refractivity contribution in [2.45, 2.75) is 32.6 Å². The van der Waals surface area contributed by atoms with Crippen molar-refractivity contribution in [1.29, 1.82) is 5.26 Å². The van der Waals surface area contributed by atoms with Gasteiger partial charge in [-0.2, -0.15) is 5.26 Å². The quantitative estimate of drug-likeness (QED) is 0.735. The van der Waals surface area contributed by atoms with Gasteiger partial charge in [-0.3, -0.25) is 14.8 Å². The molecule has 2 heterocycles. The number of hydrogen-bond acceptors (Lipinski definition) is 6. The Morgan fingerprint density at radius 3 is 2.71 bits per heavy atom. The minimum absolute atomic E-state index is 0.359. The SMILES string of the molecule is C[C@H]1C[C@@H](CC(=O)CCCN(C)C)CN(c2ccc(C#N)c3nccnc23)C1. The Morgan fingerprint density at radius 2 is 2.00 bits per heavy atom. The normalized spacial score (nSPS) is 19.8. The van der Waals surface area contributed by atoms with E-state index < -0.39 is 0 Å². The van der Waals surface area contributed by atoms with Crippen molar-refractivity contribution in [3.8, 4) is 6.07 Å². The van der Waals surface area contributed by atoms with Gasteiger partial charge < -0.3 is 9.80 Å². The van der Waals surface area contributed by atoms with Gasteiger partial charge >= 0.3 is 0 Å². The van der Waals surface area contributed by atoms with E-state index in [2.05, 4.69) is 32.8 Å². The number of hydrogen-bond donors (Lipinski definition) is 0. The predicted octanol–water partition coefficient (Wildman–Crippen LogP) is 3.26. The predicted molar refractivity (Wildman–Crippen MR) is 111 cm³/mol. The van der Waals surface area contributed by atoms with Crippen molar-refractivity contribution in [3.63, 3.8) is 0 Å². The minimum atomic E-state index is 0.359. The molecule has 1 aromatic carbocycles. The van der Waals surface area contributed by atoms with E-state index in [1.54, 1.807) is 12.4 Å². The molecule has 0 N–H and O–H groups in total. The van der Waals surface area contributed by atoms with Gasteiger partial charge in [0.05, 0.1) is 11.3 Å². The molecule has 1 aliphatic heterocycles. The zero-order valence-electron chi connectivity index (χ0n) is 17.1. The second-order valence-corrected chi connectivity index (χ2v) is 8.26. The molecule has 0 saturated carbocycles. The van der Waals surface area contributed by atoms with Crippen LogP contribution >= 0.6 is 0 Å². The lowest BCUT2D eigenvalue weighted by atomic mass is 9.86. The van der Waals surface area contributed by atoms with Crippen LogP contribution < -0.4 is 4.90 Å². The number of carbonyl (C=O) groups is 1. The molecule has 1 saturated heterocycles. The molecule has 6 nitrogen and oxygen atoms in total. The molecule has 6 heteroatoms. The van der Waals surface area contributed by atoms with Crippen LogP contribution in [0.15, 0.2) is 24.5 Å². The van der Waals surface area contributed by atoms with Crippen molar-refractivity contribution in [2.24, 2.45) is 11.8 Å². The Hall–Kier alpha value is -2.52. The van der Waals surface area contributed by atoms with Gasteiger partial charge in [0.2, 0.25) is 0 Å². The largest absolute Gasteiger partial charge is 0.369 e. The van der Waals surface area contributed by atoms with Gasteiger partial charge in [0, 0.05) is 38.3 Å². The lowest BCUT2D eigenvalue weighted by Gasteiger charge is -2.38. The summed E-state index contributed by atoms with van der Waals surface area (Å²) < 4.78 is 0. The number of anilines is 1. The molecule has 28 heavy (non-hydrogen) atoms. The fourth-order valence-corrected chi connectivity index (χ4v) is 4.23. The standard InChI is InChI=1S/C22H29N5O/c1-16-11-17(12-19(28)5-4-10-26(2)3)15-27(14-16)20-7-6-18(13-23)21-22(20)25-9-8-24-21/h6-9,16-17H,4-5,10-12,14-15H2,1-3H3/t16-,17-/m0/s1. The average Bonchev–Trinajstić information content (AvgIpc) is 2.66. The molecule has 2 aromatic rings. The zero-order valence-corrected chi connectivity index (χ0v) is 17.1. The van der Waals surface area contributed by atoms with Crippen molar-refractivity contribution >= 4 is 22.5 Å². The van der Waals surface area contributed by atoms with Crippen LogP contribution in [-0.2, 0) is 4.79 Å². The molecule has 0 amide bonds. The summed E-state index contributed by atoms with van der Waals surface area (Å²) in [7, 11) is 4.08. The topological polar surface area (TPSA) is 73.1 Å². The highest BCUT2D eigenvalue weighted by molar-refractivity contribution is 5.92. The van der Waals surface area contributed by atoms with Crippen LogP contribution in [0.2, 0.25) is 0 Å². The Kier molecular flexibility index (Phi) is 6.58. The first-order chi connectivity index (χ1) is 13.5. The molecule has 0 aliphatic carbocycles. The Morgan fingerprint density at radius 1 is 1.25 bits per heavy atom. The third-order valence-corrected chi connectivity index (χ3v) is 5.39. The summed E-state index contributed by atoms with van der Waals surface area (Å²) in [5.41, 5.74) is 2.98. The number of ketones is 1. The van der Waals surface area contributed by atoms with Crippen LogP contribution in [0.25, 0.3) is 11.0 Å². The first-order valence-corrected chi connectivity index (χ1v) is 10.0. The Bertz CT molecular complexity index is 873. The van der Waals surface area contributed by atoms with Crippen molar-refractivity contribution < 1.29 is 4.79 Å². The Balaban J connectivity index is 1.74. The van der Waals surface area contributed by atoms with E-state index in [0.29, 0.717) is 41.5 Å². The van der Waals surface area contributed by atoms with Crippen LogP contribution in [0.3, 0.4) is 0 Å². The smallest absolute Gasteiger partial charge is 0.133 e. The van der Waals surface area contributed by atoms with Crippen molar-refractivity contribution in [1.82, 2.24) is 14.9 Å². The first kappa shape index (κ1) is 20.2. The van der Waals surface area contributed by atoms with E-state index >= 15 is 0 Å². The van der Waals surface area contributed by atoms with Crippen LogP contribution in [0.5, 0.6) is 0 Å². The lowest BCUT2D eigenvalue weighted by molar-refractivity contribution is -0.120. The second kappa shape index (κ2) is 9.11. The van der Waals surface area contributed by atoms with E-state index in [1.165, 1.54) is 0 Å². The number of piperidine rings is 1. The number of carbonyl (C=O) groups excluding carboxylic acids is 1. The molecular weight excluding hydrogens is 350 g/mol. The molecule has 0 bridgehead atoms. The van der Waals surface area contributed by atoms with E-state index in [4.69, 9.17) is 0 Å². The number of rotatable bonds is 7. The molecule has 3 rings (SSSR count). The maximum atomic E-state index is 12.4. The highest BCUT2D eigenvalue weighted by Gasteiger charge is 2.28. The molecule has 0 radical (unpaired) electrons. The maximum absolute atomic E-state index is 12.4. The number of aromatic nitrogens is 2. The van der Waals surface area contributed by atoms with Crippen LogP contribution in [-0.4, -0.2) is 54.4 Å². The summed E-state index contributed by atoms with van der Waals surface area (Å²) in [6, 6.07) is 6.00. The monoisotopic (exact) mass is 379 g/mol. The number of benzene rings is 1. The number of Topliss-reactive ketones (excluding diaryl/α,β-unsaturated/α-hetero) is 1. The van der Waals surface area contributed by atoms with Crippen LogP contribution in [0, 0.1) is 23.2 Å². The summed E-state index contributed by atoms with van der Waals surface area (Å²) in [6.07, 6.45) is 6.61. The molecule has 1 fully saturated rings. The third-order valence-electron chi connectivity index (χ3n) is 5.39. The van der Waals surface area contributed by atoms with Crippen LogP contribution in [0.1, 0.15) is 38.2 Å². The van der Waals surface area contributed by atoms with E-state index in [9.17, 15) is 10.1 Å². The molecule has 0 unspecified atom stereocenters. The van der Waals surface area contributed by atoms with Gasteiger partial charge in [-0.05, 0) is 57.5 Å². The Labute approximate surface area is 167 Å². The van der Waals surface area contributed by atoms with E-state index in [1.807, 2.05) is 26.2 Å². The lowest BCUT2D eigenvalue weighted by Crippen LogP contribution is -2.40. The average molecular weight is 380 g/mol. The van der Waals surface area contributed by atoms with Crippen molar-refractivity contribution in [3.05, 3.63) is 30.1 Å². The highest BCUT2D eigenvalue weighted by atomic mass is 16.1. The van der Waals surface area contributed by atoms with E-state index in [-0.39, 0.29) is 0 Å². The first-order valence-electron chi connectivity index (χ1n) is 10.0. The number of nitriles is 1. The van der Waals surface area contributed by atoms with Crippen molar-refractivity contribution in [2.75, 3.05) is 38.6 Å². The van der Waals surface area contributed by atoms with Gasteiger partial charge in [0.25, 0.3) is 0 Å². The van der Waals surface area contributed by atoms with Gasteiger partial charge in [-0.25, -0.2) is 0 Å². The summed E-state index contributed by atoms with van der Waals surface area (Å²) in [4.78, 5) is 25.8. The molecule has 1 aliphatic rings. The molecule has 148 valence electrons. The fraction of sp³-hybridized carbons (Fsp3) is 0.545. The highest BCUT2D eigenvalue weighted by Crippen LogP contribution is 2.33.